The number of benzene rings is 4. The quantitative estimate of drug-likeness (QED) is 0.337. The zero-order chi connectivity index (χ0) is 23.1. The molecule has 0 saturated carbocycles. The van der Waals surface area contributed by atoms with E-state index in [4.69, 9.17) is 0 Å². The van der Waals surface area contributed by atoms with Gasteiger partial charge in [-0.3, -0.25) is 4.90 Å². The molecule has 168 valence electrons. The van der Waals surface area contributed by atoms with E-state index >= 15 is 0 Å². The van der Waals surface area contributed by atoms with Gasteiger partial charge in [0.1, 0.15) is 0 Å². The van der Waals surface area contributed by atoms with Crippen molar-refractivity contribution in [3.63, 3.8) is 0 Å². The SMILES string of the molecule is O=C(O)N(Cc1ccccc1)Cc1ccccc1.c1ccc(CNCc2ccccc2)cc1. The van der Waals surface area contributed by atoms with E-state index in [9.17, 15) is 9.90 Å². The van der Waals surface area contributed by atoms with Crippen molar-refractivity contribution >= 4 is 6.09 Å². The Morgan fingerprint density at radius 3 is 1.15 bits per heavy atom. The van der Waals surface area contributed by atoms with Gasteiger partial charge in [-0.1, -0.05) is 121 Å². The van der Waals surface area contributed by atoms with E-state index in [2.05, 4.69) is 53.8 Å². The Bertz CT molecular complexity index is 975. The lowest BCUT2D eigenvalue weighted by Gasteiger charge is -2.19. The number of amides is 1. The van der Waals surface area contributed by atoms with Crippen molar-refractivity contribution in [2.45, 2.75) is 26.2 Å². The molecule has 4 heteroatoms. The lowest BCUT2D eigenvalue weighted by Crippen LogP contribution is -2.28. The monoisotopic (exact) mass is 438 g/mol. The molecule has 0 fully saturated rings. The first-order valence-corrected chi connectivity index (χ1v) is 11.0. The highest BCUT2D eigenvalue weighted by atomic mass is 16.4. The van der Waals surface area contributed by atoms with Gasteiger partial charge in [0.2, 0.25) is 0 Å². The van der Waals surface area contributed by atoms with Gasteiger partial charge in [-0.15, -0.1) is 0 Å². The Morgan fingerprint density at radius 2 is 0.848 bits per heavy atom. The predicted molar refractivity (Wildman–Crippen MR) is 134 cm³/mol. The smallest absolute Gasteiger partial charge is 0.407 e. The van der Waals surface area contributed by atoms with Crippen LogP contribution in [0.2, 0.25) is 0 Å². The van der Waals surface area contributed by atoms with Crippen LogP contribution in [0.1, 0.15) is 22.3 Å². The summed E-state index contributed by atoms with van der Waals surface area (Å²) in [7, 11) is 0. The molecular weight excluding hydrogens is 408 g/mol. The van der Waals surface area contributed by atoms with Gasteiger partial charge in [-0.2, -0.15) is 0 Å². The Labute approximate surface area is 196 Å². The summed E-state index contributed by atoms with van der Waals surface area (Å²) in [5.74, 6) is 0. The Morgan fingerprint density at radius 1 is 0.545 bits per heavy atom. The lowest BCUT2D eigenvalue weighted by molar-refractivity contribution is 0.139. The summed E-state index contributed by atoms with van der Waals surface area (Å²) in [5.41, 5.74) is 4.65. The van der Waals surface area contributed by atoms with E-state index in [1.807, 2.05) is 72.8 Å². The largest absolute Gasteiger partial charge is 0.465 e. The third kappa shape index (κ3) is 9.01. The van der Waals surface area contributed by atoms with Crippen LogP contribution in [-0.2, 0) is 26.2 Å². The molecule has 0 aliphatic heterocycles. The molecule has 0 aromatic heterocycles. The number of carbonyl (C=O) groups is 1. The number of nitrogens with one attached hydrogen (secondary N) is 1. The number of rotatable bonds is 8. The minimum atomic E-state index is -0.900. The molecule has 0 unspecified atom stereocenters. The zero-order valence-corrected chi connectivity index (χ0v) is 18.7. The topological polar surface area (TPSA) is 52.6 Å². The second-order valence-corrected chi connectivity index (χ2v) is 7.68. The van der Waals surface area contributed by atoms with Gasteiger partial charge in [0.05, 0.1) is 0 Å². The molecule has 0 atom stereocenters. The van der Waals surface area contributed by atoms with Crippen LogP contribution in [-0.4, -0.2) is 16.1 Å². The van der Waals surface area contributed by atoms with Crippen LogP contribution in [0.15, 0.2) is 121 Å². The highest BCUT2D eigenvalue weighted by Crippen LogP contribution is 2.10. The fourth-order valence-electron chi connectivity index (χ4n) is 3.34. The van der Waals surface area contributed by atoms with E-state index in [1.54, 1.807) is 0 Å². The molecule has 4 nitrogen and oxygen atoms in total. The highest BCUT2D eigenvalue weighted by molar-refractivity contribution is 5.65. The fraction of sp³-hybridized carbons (Fsp3) is 0.138. The molecule has 33 heavy (non-hydrogen) atoms. The van der Waals surface area contributed by atoms with Gasteiger partial charge in [0.25, 0.3) is 0 Å². The van der Waals surface area contributed by atoms with Crippen molar-refractivity contribution in [3.8, 4) is 0 Å². The molecule has 0 spiro atoms. The minimum absolute atomic E-state index is 0.408. The maximum Gasteiger partial charge on any atom is 0.407 e. The molecule has 0 saturated heterocycles. The Hall–Kier alpha value is -3.89. The number of hydrogen-bond donors (Lipinski definition) is 2. The van der Waals surface area contributed by atoms with Crippen molar-refractivity contribution in [3.05, 3.63) is 144 Å². The second-order valence-electron chi connectivity index (χ2n) is 7.68. The molecule has 4 rings (SSSR count). The van der Waals surface area contributed by atoms with Gasteiger partial charge in [0.15, 0.2) is 0 Å². The Kier molecular flexibility index (Phi) is 9.73. The van der Waals surface area contributed by atoms with Crippen LogP contribution >= 0.6 is 0 Å². The molecule has 0 radical (unpaired) electrons. The molecule has 4 aromatic rings. The van der Waals surface area contributed by atoms with Gasteiger partial charge >= 0.3 is 6.09 Å². The lowest BCUT2D eigenvalue weighted by atomic mass is 10.2. The minimum Gasteiger partial charge on any atom is -0.465 e. The van der Waals surface area contributed by atoms with Crippen LogP contribution < -0.4 is 5.32 Å². The molecule has 0 heterocycles. The van der Waals surface area contributed by atoms with Crippen molar-refractivity contribution in [2.75, 3.05) is 0 Å². The van der Waals surface area contributed by atoms with Crippen molar-refractivity contribution in [1.82, 2.24) is 10.2 Å². The maximum atomic E-state index is 11.2. The summed E-state index contributed by atoms with van der Waals surface area (Å²) < 4.78 is 0. The van der Waals surface area contributed by atoms with Crippen LogP contribution in [0.4, 0.5) is 4.79 Å². The second kappa shape index (κ2) is 13.5. The van der Waals surface area contributed by atoms with Gasteiger partial charge in [-0.25, -0.2) is 4.79 Å². The molecular formula is C29H30N2O2. The van der Waals surface area contributed by atoms with Gasteiger partial charge in [0, 0.05) is 26.2 Å². The fourth-order valence-corrected chi connectivity index (χ4v) is 3.34. The van der Waals surface area contributed by atoms with Crippen LogP contribution in [0, 0.1) is 0 Å². The summed E-state index contributed by atoms with van der Waals surface area (Å²) in [5, 5.41) is 12.6. The van der Waals surface area contributed by atoms with Gasteiger partial charge in [-0.05, 0) is 22.3 Å². The molecule has 4 aromatic carbocycles. The van der Waals surface area contributed by atoms with Crippen molar-refractivity contribution in [1.29, 1.82) is 0 Å². The third-order valence-corrected chi connectivity index (χ3v) is 5.05. The average Bonchev–Trinajstić information content (AvgIpc) is 2.87. The van der Waals surface area contributed by atoms with E-state index in [1.165, 1.54) is 16.0 Å². The number of nitrogens with zero attached hydrogens (tertiary/aromatic N) is 1. The van der Waals surface area contributed by atoms with Crippen LogP contribution in [0.3, 0.4) is 0 Å². The van der Waals surface area contributed by atoms with Crippen molar-refractivity contribution in [2.24, 2.45) is 0 Å². The molecule has 0 bridgehead atoms. The molecule has 0 aliphatic rings. The molecule has 0 aliphatic carbocycles. The van der Waals surface area contributed by atoms with E-state index in [0.29, 0.717) is 13.1 Å². The summed E-state index contributed by atoms with van der Waals surface area (Å²) in [4.78, 5) is 12.6. The third-order valence-electron chi connectivity index (χ3n) is 5.05. The highest BCUT2D eigenvalue weighted by Gasteiger charge is 2.12. The van der Waals surface area contributed by atoms with E-state index in [-0.39, 0.29) is 0 Å². The molecule has 2 N–H and O–H groups in total. The zero-order valence-electron chi connectivity index (χ0n) is 18.7. The van der Waals surface area contributed by atoms with Gasteiger partial charge < -0.3 is 10.4 Å². The standard InChI is InChI=1S/C15H15NO2.C14H15N/c17-15(18)16(11-13-7-3-1-4-8-13)12-14-9-5-2-6-10-14;1-3-7-13(8-4-1)11-15-12-14-9-5-2-6-10-14/h1-10H,11-12H2,(H,17,18);1-10,15H,11-12H2. The van der Waals surface area contributed by atoms with E-state index in [0.717, 1.165) is 24.2 Å². The Balaban J connectivity index is 0.000000189. The normalized spacial score (nSPS) is 10.1. The maximum absolute atomic E-state index is 11.2. The summed E-state index contributed by atoms with van der Waals surface area (Å²) in [6.07, 6.45) is -0.900. The molecule has 1 amide bonds. The summed E-state index contributed by atoms with van der Waals surface area (Å²) >= 11 is 0. The average molecular weight is 439 g/mol. The first kappa shape index (κ1) is 23.8. The van der Waals surface area contributed by atoms with Crippen LogP contribution in [0.5, 0.6) is 0 Å². The first-order valence-electron chi connectivity index (χ1n) is 11.0. The first-order chi connectivity index (χ1) is 16.2. The number of carboxylic acid groups (broad SMARTS) is 1. The summed E-state index contributed by atoms with van der Waals surface area (Å²) in [6, 6.07) is 40.1. The van der Waals surface area contributed by atoms with Crippen molar-refractivity contribution < 1.29 is 9.90 Å². The van der Waals surface area contributed by atoms with E-state index < -0.39 is 6.09 Å². The summed E-state index contributed by atoms with van der Waals surface area (Å²) in [6.45, 7) is 2.67. The van der Waals surface area contributed by atoms with Crippen LogP contribution in [0.25, 0.3) is 0 Å². The number of hydrogen-bond acceptors (Lipinski definition) is 2. The predicted octanol–water partition coefficient (Wildman–Crippen LogP) is 6.34.